The summed E-state index contributed by atoms with van der Waals surface area (Å²) in [7, 11) is 0. The van der Waals surface area contributed by atoms with Gasteiger partial charge in [-0.25, -0.2) is 4.98 Å². The van der Waals surface area contributed by atoms with Crippen LogP contribution in [-0.4, -0.2) is 17.5 Å². The summed E-state index contributed by atoms with van der Waals surface area (Å²) in [6.45, 7) is 4.70. The highest BCUT2D eigenvalue weighted by Gasteiger charge is 2.24. The van der Waals surface area contributed by atoms with Crippen molar-refractivity contribution >= 4 is 23.3 Å². The number of hydrogen-bond acceptors (Lipinski definition) is 3. The number of carbonyl (C=O) groups excluding carboxylic acids is 1. The number of aromatic nitrogens is 1. The van der Waals surface area contributed by atoms with Crippen molar-refractivity contribution < 1.29 is 9.53 Å². The van der Waals surface area contributed by atoms with Gasteiger partial charge in [-0.15, -0.1) is 0 Å². The van der Waals surface area contributed by atoms with Crippen molar-refractivity contribution in [3.63, 3.8) is 0 Å². The number of benzene rings is 1. The maximum Gasteiger partial charge on any atom is 0.258 e. The molecule has 1 saturated heterocycles. The normalized spacial score (nSPS) is 17.0. The minimum atomic E-state index is -0.242. The largest absolute Gasteiger partial charge is 0.373 e. The number of hydrogen-bond donors (Lipinski definition) is 1. The molecule has 0 saturated carbocycles. The fourth-order valence-corrected chi connectivity index (χ4v) is 3.29. The topological polar surface area (TPSA) is 51.2 Å². The van der Waals surface area contributed by atoms with Crippen molar-refractivity contribution in [3.8, 4) is 0 Å². The third-order valence-corrected chi connectivity index (χ3v) is 4.65. The molecule has 1 unspecified atom stereocenters. The molecule has 2 heterocycles. The second kappa shape index (κ2) is 7.32. The average Bonchev–Trinajstić information content (AvgIpc) is 3.09. The molecule has 1 amide bonds. The van der Waals surface area contributed by atoms with E-state index in [2.05, 4.69) is 23.3 Å². The van der Waals surface area contributed by atoms with Gasteiger partial charge in [0.05, 0.1) is 16.7 Å². The number of carbonyl (C=O) groups is 1. The Balaban J connectivity index is 1.93. The van der Waals surface area contributed by atoms with E-state index in [1.54, 1.807) is 12.3 Å². The highest BCUT2D eigenvalue weighted by molar-refractivity contribution is 6.34. The lowest BCUT2D eigenvalue weighted by molar-refractivity contribution is 0.102. The zero-order chi connectivity index (χ0) is 17.1. The monoisotopic (exact) mass is 344 g/mol. The Labute approximate surface area is 147 Å². The molecule has 24 heavy (non-hydrogen) atoms. The van der Waals surface area contributed by atoms with Gasteiger partial charge in [0.25, 0.3) is 5.91 Å². The van der Waals surface area contributed by atoms with E-state index < -0.39 is 0 Å². The minimum Gasteiger partial charge on any atom is -0.373 e. The third kappa shape index (κ3) is 3.45. The number of aryl methyl sites for hydroxylation is 2. The van der Waals surface area contributed by atoms with Gasteiger partial charge in [0.2, 0.25) is 0 Å². The van der Waals surface area contributed by atoms with Crippen LogP contribution < -0.4 is 5.32 Å². The molecule has 1 aliphatic heterocycles. The molecule has 5 heteroatoms. The molecular formula is C19H21ClN2O2. The summed E-state index contributed by atoms with van der Waals surface area (Å²) >= 11 is 6.20. The first-order valence-corrected chi connectivity index (χ1v) is 8.64. The Kier molecular flexibility index (Phi) is 5.17. The standard InChI is InChI=1S/C19H21ClN2O2/c1-3-13-10-14(16-8-5-9-24-16)18(21-11-13)22-19(23)17-12(2)6-4-7-15(17)20/h4,6-7,10-11,16H,3,5,8-9H2,1-2H3,(H,21,22,23). The maximum absolute atomic E-state index is 12.7. The molecule has 0 aliphatic carbocycles. The first-order chi connectivity index (χ1) is 11.6. The molecule has 1 aromatic carbocycles. The molecule has 0 spiro atoms. The summed E-state index contributed by atoms with van der Waals surface area (Å²) < 4.78 is 5.80. The van der Waals surface area contributed by atoms with Gasteiger partial charge >= 0.3 is 0 Å². The van der Waals surface area contributed by atoms with Crippen molar-refractivity contribution in [2.75, 3.05) is 11.9 Å². The smallest absolute Gasteiger partial charge is 0.258 e. The number of ether oxygens (including phenoxy) is 1. The first-order valence-electron chi connectivity index (χ1n) is 8.27. The minimum absolute atomic E-state index is 0.00774. The summed E-state index contributed by atoms with van der Waals surface area (Å²) in [5, 5.41) is 3.36. The summed E-state index contributed by atoms with van der Waals surface area (Å²) in [6, 6.07) is 7.51. The van der Waals surface area contributed by atoms with Crippen molar-refractivity contribution in [3.05, 3.63) is 57.7 Å². The van der Waals surface area contributed by atoms with Crippen LogP contribution in [0, 0.1) is 6.92 Å². The molecule has 0 radical (unpaired) electrons. The highest BCUT2D eigenvalue weighted by Crippen LogP contribution is 2.33. The number of anilines is 1. The summed E-state index contributed by atoms with van der Waals surface area (Å²) in [6.07, 6.45) is 4.66. The Hall–Kier alpha value is -1.91. The third-order valence-electron chi connectivity index (χ3n) is 4.34. The molecule has 126 valence electrons. The van der Waals surface area contributed by atoms with E-state index in [4.69, 9.17) is 16.3 Å². The second-order valence-corrected chi connectivity index (χ2v) is 6.43. The molecule has 1 aromatic heterocycles. The van der Waals surface area contributed by atoms with Crippen molar-refractivity contribution in [1.82, 2.24) is 4.98 Å². The lowest BCUT2D eigenvalue weighted by Gasteiger charge is -2.17. The molecule has 1 atom stereocenters. The first kappa shape index (κ1) is 16.9. The number of pyridine rings is 1. The molecule has 4 nitrogen and oxygen atoms in total. The van der Waals surface area contributed by atoms with E-state index in [0.29, 0.717) is 16.4 Å². The van der Waals surface area contributed by atoms with E-state index in [1.807, 2.05) is 19.1 Å². The van der Waals surface area contributed by atoms with Crippen LogP contribution in [-0.2, 0) is 11.2 Å². The highest BCUT2D eigenvalue weighted by atomic mass is 35.5. The molecule has 1 aliphatic rings. The average molecular weight is 345 g/mol. The van der Waals surface area contributed by atoms with Crippen LogP contribution in [0.3, 0.4) is 0 Å². The second-order valence-electron chi connectivity index (χ2n) is 6.02. The zero-order valence-corrected chi connectivity index (χ0v) is 14.7. The molecular weight excluding hydrogens is 324 g/mol. The van der Waals surface area contributed by atoms with E-state index in [0.717, 1.165) is 42.6 Å². The van der Waals surface area contributed by atoms with Crippen molar-refractivity contribution in [1.29, 1.82) is 0 Å². The van der Waals surface area contributed by atoms with Gasteiger partial charge in [-0.2, -0.15) is 0 Å². The quantitative estimate of drug-likeness (QED) is 0.873. The van der Waals surface area contributed by atoms with E-state index in [1.165, 1.54) is 0 Å². The molecule has 1 fully saturated rings. The van der Waals surface area contributed by atoms with Crippen molar-refractivity contribution in [2.45, 2.75) is 39.2 Å². The van der Waals surface area contributed by atoms with Crippen LogP contribution in [0.25, 0.3) is 0 Å². The summed E-state index contributed by atoms with van der Waals surface area (Å²) in [5.41, 5.74) is 3.40. The van der Waals surface area contributed by atoms with Gasteiger partial charge in [-0.05, 0) is 49.4 Å². The Bertz CT molecular complexity index is 735. The number of halogens is 1. The van der Waals surface area contributed by atoms with E-state index in [-0.39, 0.29) is 12.0 Å². The lowest BCUT2D eigenvalue weighted by atomic mass is 10.0. The fraction of sp³-hybridized carbons (Fsp3) is 0.368. The SMILES string of the molecule is CCc1cnc(NC(=O)c2c(C)cccc2Cl)c(C2CCCO2)c1. The van der Waals surface area contributed by atoms with Crippen LogP contribution >= 0.6 is 11.6 Å². The predicted molar refractivity (Wildman–Crippen MR) is 95.7 cm³/mol. The lowest BCUT2D eigenvalue weighted by Crippen LogP contribution is -2.17. The van der Waals surface area contributed by atoms with Crippen LogP contribution in [0.1, 0.15) is 52.9 Å². The van der Waals surface area contributed by atoms with Crippen LogP contribution in [0.4, 0.5) is 5.82 Å². The number of nitrogens with zero attached hydrogens (tertiary/aromatic N) is 1. The van der Waals surface area contributed by atoms with Crippen LogP contribution in [0.15, 0.2) is 30.5 Å². The van der Waals surface area contributed by atoms with Crippen LogP contribution in [0.5, 0.6) is 0 Å². The molecule has 3 rings (SSSR count). The Morgan fingerprint density at radius 3 is 2.96 bits per heavy atom. The Morgan fingerprint density at radius 1 is 1.46 bits per heavy atom. The van der Waals surface area contributed by atoms with Gasteiger partial charge in [-0.3, -0.25) is 4.79 Å². The maximum atomic E-state index is 12.7. The number of rotatable bonds is 4. The van der Waals surface area contributed by atoms with Gasteiger partial charge < -0.3 is 10.1 Å². The van der Waals surface area contributed by atoms with Gasteiger partial charge in [0.1, 0.15) is 5.82 Å². The molecule has 2 aromatic rings. The van der Waals surface area contributed by atoms with E-state index >= 15 is 0 Å². The van der Waals surface area contributed by atoms with Gasteiger partial charge in [0.15, 0.2) is 0 Å². The Morgan fingerprint density at radius 2 is 2.29 bits per heavy atom. The van der Waals surface area contributed by atoms with Gasteiger partial charge in [0, 0.05) is 18.4 Å². The summed E-state index contributed by atoms with van der Waals surface area (Å²) in [4.78, 5) is 17.2. The summed E-state index contributed by atoms with van der Waals surface area (Å²) in [5.74, 6) is 0.317. The molecule has 1 N–H and O–H groups in total. The molecule has 0 bridgehead atoms. The number of nitrogens with one attached hydrogen (secondary N) is 1. The van der Waals surface area contributed by atoms with E-state index in [9.17, 15) is 4.79 Å². The predicted octanol–water partition coefficient (Wildman–Crippen LogP) is 4.71. The number of amides is 1. The van der Waals surface area contributed by atoms with Gasteiger partial charge in [-0.1, -0.05) is 30.7 Å². The van der Waals surface area contributed by atoms with Crippen molar-refractivity contribution in [2.24, 2.45) is 0 Å². The van der Waals surface area contributed by atoms with Crippen LogP contribution in [0.2, 0.25) is 5.02 Å². The fourth-order valence-electron chi connectivity index (χ4n) is 2.98. The zero-order valence-electron chi connectivity index (χ0n) is 13.9.